The van der Waals surface area contributed by atoms with Gasteiger partial charge in [0, 0.05) is 60.3 Å². The van der Waals surface area contributed by atoms with Gasteiger partial charge in [-0.05, 0) is 73.0 Å². The standard InChI is InChI=1S/C33H39N3O2S/c1-2-8-27(9-3-1)25-37-26-36-17-7-10-28-13-14-29(24-32(28)36)38-22-5-4-16-34-18-20-35(21-19-34)31-11-6-12-33-30(31)15-23-39-33/h1-3,6,8-9,11-15,23-24H,4-5,7,10,16-22,25-26H2. The van der Waals surface area contributed by atoms with Crippen LogP contribution in [0.15, 0.2) is 78.2 Å². The Kier molecular flexibility index (Phi) is 8.63. The van der Waals surface area contributed by atoms with E-state index in [-0.39, 0.29) is 0 Å². The van der Waals surface area contributed by atoms with Crippen LogP contribution in [0.5, 0.6) is 5.75 Å². The average Bonchev–Trinajstić information content (AvgIpc) is 3.47. The molecule has 0 amide bonds. The number of fused-ring (bicyclic) bond motifs is 2. The first-order valence-electron chi connectivity index (χ1n) is 14.4. The summed E-state index contributed by atoms with van der Waals surface area (Å²) in [6, 6.07) is 26.0. The van der Waals surface area contributed by atoms with Crippen LogP contribution in [0.1, 0.15) is 30.4 Å². The van der Waals surface area contributed by atoms with Crippen LogP contribution in [0, 0.1) is 0 Å². The quantitative estimate of drug-likeness (QED) is 0.195. The molecular formula is C33H39N3O2S. The highest BCUT2D eigenvalue weighted by atomic mass is 32.1. The predicted octanol–water partition coefficient (Wildman–Crippen LogP) is 6.81. The van der Waals surface area contributed by atoms with Crippen LogP contribution in [0.4, 0.5) is 11.4 Å². The molecule has 0 bridgehead atoms. The van der Waals surface area contributed by atoms with Crippen molar-refractivity contribution in [1.29, 1.82) is 0 Å². The Hall–Kier alpha value is -3.06. The van der Waals surface area contributed by atoms with E-state index in [1.165, 1.54) is 45.4 Å². The van der Waals surface area contributed by atoms with Crippen molar-refractivity contribution in [1.82, 2.24) is 4.90 Å². The van der Waals surface area contributed by atoms with E-state index in [0.717, 1.165) is 64.5 Å². The third-order valence-electron chi connectivity index (χ3n) is 7.95. The number of anilines is 2. The molecule has 39 heavy (non-hydrogen) atoms. The van der Waals surface area contributed by atoms with Gasteiger partial charge in [0.2, 0.25) is 0 Å². The fourth-order valence-electron chi connectivity index (χ4n) is 5.80. The molecule has 0 aliphatic carbocycles. The van der Waals surface area contributed by atoms with Crippen LogP contribution < -0.4 is 14.5 Å². The second-order valence-electron chi connectivity index (χ2n) is 10.6. The maximum Gasteiger partial charge on any atom is 0.121 e. The maximum atomic E-state index is 6.20. The number of piperazine rings is 1. The summed E-state index contributed by atoms with van der Waals surface area (Å²) in [5.41, 5.74) is 5.27. The van der Waals surface area contributed by atoms with Crippen LogP contribution in [-0.4, -0.2) is 57.5 Å². The van der Waals surface area contributed by atoms with E-state index >= 15 is 0 Å². The summed E-state index contributed by atoms with van der Waals surface area (Å²) in [5, 5.41) is 3.60. The first-order chi connectivity index (χ1) is 19.3. The lowest BCUT2D eigenvalue weighted by molar-refractivity contribution is 0.120. The van der Waals surface area contributed by atoms with Crippen molar-refractivity contribution in [2.45, 2.75) is 32.3 Å². The second kappa shape index (κ2) is 12.9. The number of hydrogen-bond donors (Lipinski definition) is 0. The van der Waals surface area contributed by atoms with Crippen molar-refractivity contribution < 1.29 is 9.47 Å². The van der Waals surface area contributed by atoms with Crippen molar-refractivity contribution >= 4 is 32.8 Å². The van der Waals surface area contributed by atoms with E-state index < -0.39 is 0 Å². The SMILES string of the molecule is c1ccc(COCN2CCCc3ccc(OCCCCN4CCN(c5cccc6sccc56)CC4)cc32)cc1. The number of rotatable bonds is 11. The molecule has 6 heteroatoms. The van der Waals surface area contributed by atoms with Gasteiger partial charge in [-0.1, -0.05) is 42.5 Å². The Morgan fingerprint density at radius 1 is 0.795 bits per heavy atom. The highest BCUT2D eigenvalue weighted by Crippen LogP contribution is 2.32. The van der Waals surface area contributed by atoms with E-state index in [2.05, 4.69) is 86.8 Å². The van der Waals surface area contributed by atoms with Gasteiger partial charge in [0.15, 0.2) is 0 Å². The summed E-state index contributed by atoms with van der Waals surface area (Å²) >= 11 is 1.83. The van der Waals surface area contributed by atoms with E-state index in [1.807, 2.05) is 17.4 Å². The average molecular weight is 542 g/mol. The molecule has 0 radical (unpaired) electrons. The number of hydrogen-bond acceptors (Lipinski definition) is 6. The minimum atomic E-state index is 0.612. The topological polar surface area (TPSA) is 28.2 Å². The molecule has 2 aliphatic heterocycles. The number of benzene rings is 3. The molecule has 3 heterocycles. The summed E-state index contributed by atoms with van der Waals surface area (Å²) in [6.45, 7) is 8.67. The smallest absolute Gasteiger partial charge is 0.121 e. The van der Waals surface area contributed by atoms with Crippen molar-refractivity contribution in [3.05, 3.63) is 89.3 Å². The van der Waals surface area contributed by atoms with Gasteiger partial charge in [0.05, 0.1) is 13.2 Å². The molecule has 4 aromatic rings. The van der Waals surface area contributed by atoms with Crippen LogP contribution in [0.2, 0.25) is 0 Å². The Balaban J connectivity index is 0.922. The van der Waals surface area contributed by atoms with Gasteiger partial charge in [0.25, 0.3) is 0 Å². The van der Waals surface area contributed by atoms with Crippen molar-refractivity contribution in [2.75, 3.05) is 62.4 Å². The zero-order chi connectivity index (χ0) is 26.3. The van der Waals surface area contributed by atoms with E-state index in [4.69, 9.17) is 9.47 Å². The van der Waals surface area contributed by atoms with Crippen molar-refractivity contribution in [2.24, 2.45) is 0 Å². The molecule has 1 fully saturated rings. The van der Waals surface area contributed by atoms with Gasteiger partial charge in [-0.2, -0.15) is 0 Å². The lowest BCUT2D eigenvalue weighted by Gasteiger charge is -2.36. The van der Waals surface area contributed by atoms with Crippen LogP contribution >= 0.6 is 11.3 Å². The fraction of sp³-hybridized carbons (Fsp3) is 0.394. The van der Waals surface area contributed by atoms with Crippen molar-refractivity contribution in [3.63, 3.8) is 0 Å². The lowest BCUT2D eigenvalue weighted by Crippen LogP contribution is -2.46. The molecule has 0 spiro atoms. The summed E-state index contributed by atoms with van der Waals surface area (Å²) in [5.74, 6) is 0.972. The van der Waals surface area contributed by atoms with E-state index in [0.29, 0.717) is 13.3 Å². The van der Waals surface area contributed by atoms with E-state index in [9.17, 15) is 0 Å². The minimum absolute atomic E-state index is 0.612. The van der Waals surface area contributed by atoms with E-state index in [1.54, 1.807) is 0 Å². The molecule has 0 unspecified atom stereocenters. The Morgan fingerprint density at radius 3 is 2.59 bits per heavy atom. The molecule has 0 atom stereocenters. The number of aryl methyl sites for hydroxylation is 1. The van der Waals surface area contributed by atoms with Crippen molar-refractivity contribution in [3.8, 4) is 5.75 Å². The molecule has 5 nitrogen and oxygen atoms in total. The zero-order valence-corrected chi connectivity index (χ0v) is 23.6. The summed E-state index contributed by atoms with van der Waals surface area (Å²) in [4.78, 5) is 7.52. The van der Waals surface area contributed by atoms with Gasteiger partial charge >= 0.3 is 0 Å². The summed E-state index contributed by atoms with van der Waals surface area (Å²) in [7, 11) is 0. The Labute approximate surface area is 236 Å². The molecule has 0 N–H and O–H groups in total. The number of thiophene rings is 1. The first kappa shape index (κ1) is 26.2. The minimum Gasteiger partial charge on any atom is -0.494 e. The molecule has 1 aromatic heterocycles. The predicted molar refractivity (Wildman–Crippen MR) is 163 cm³/mol. The van der Waals surface area contributed by atoms with Gasteiger partial charge in [-0.3, -0.25) is 4.90 Å². The molecule has 6 rings (SSSR count). The molecule has 3 aromatic carbocycles. The summed E-state index contributed by atoms with van der Waals surface area (Å²) in [6.07, 6.45) is 4.54. The molecular weight excluding hydrogens is 502 g/mol. The van der Waals surface area contributed by atoms with Crippen LogP contribution in [0.3, 0.4) is 0 Å². The van der Waals surface area contributed by atoms with Crippen LogP contribution in [-0.2, 0) is 17.8 Å². The highest BCUT2D eigenvalue weighted by Gasteiger charge is 2.19. The largest absolute Gasteiger partial charge is 0.494 e. The molecule has 0 saturated carbocycles. The maximum absolute atomic E-state index is 6.20. The molecule has 2 aliphatic rings. The van der Waals surface area contributed by atoms with Gasteiger partial charge in [-0.25, -0.2) is 0 Å². The van der Waals surface area contributed by atoms with Gasteiger partial charge < -0.3 is 19.3 Å². The monoisotopic (exact) mass is 541 g/mol. The number of nitrogens with zero attached hydrogens (tertiary/aromatic N) is 3. The van der Waals surface area contributed by atoms with Crippen LogP contribution in [0.25, 0.3) is 10.1 Å². The normalized spacial score (nSPS) is 16.0. The Bertz CT molecular complexity index is 1330. The molecule has 1 saturated heterocycles. The molecule has 204 valence electrons. The number of unbranched alkanes of at least 4 members (excludes halogenated alkanes) is 1. The van der Waals surface area contributed by atoms with Gasteiger partial charge in [-0.15, -0.1) is 11.3 Å². The summed E-state index contributed by atoms with van der Waals surface area (Å²) < 4.78 is 13.6. The number of ether oxygens (including phenoxy) is 2. The Morgan fingerprint density at radius 2 is 1.69 bits per heavy atom. The zero-order valence-electron chi connectivity index (χ0n) is 22.8. The lowest BCUT2D eigenvalue weighted by atomic mass is 10.0. The fourth-order valence-corrected chi connectivity index (χ4v) is 6.60. The third kappa shape index (κ3) is 6.57. The second-order valence-corrected chi connectivity index (χ2v) is 11.6. The third-order valence-corrected chi connectivity index (χ3v) is 8.84. The van der Waals surface area contributed by atoms with Gasteiger partial charge in [0.1, 0.15) is 12.5 Å². The highest BCUT2D eigenvalue weighted by molar-refractivity contribution is 7.17. The first-order valence-corrected chi connectivity index (χ1v) is 15.3.